The van der Waals surface area contributed by atoms with E-state index in [0.717, 1.165) is 70.6 Å². The maximum atomic E-state index is 12.3. The maximum Gasteiger partial charge on any atom is 0.220 e. The summed E-state index contributed by atoms with van der Waals surface area (Å²) >= 11 is 0. The van der Waals surface area contributed by atoms with Crippen LogP contribution in [0.3, 0.4) is 0 Å². The molecule has 1 amide bonds. The molecule has 0 aliphatic rings. The number of carbonyl (C=O) groups is 1. The Morgan fingerprint density at radius 3 is 1.20 bits per heavy atom. The molecule has 0 heterocycles. The molecule has 0 bridgehead atoms. The lowest BCUT2D eigenvalue weighted by Gasteiger charge is -2.22. The van der Waals surface area contributed by atoms with Crippen molar-refractivity contribution in [2.45, 2.75) is 225 Å². The Bertz CT molecular complexity index is 1000. The van der Waals surface area contributed by atoms with Crippen LogP contribution in [0.25, 0.3) is 0 Å². The first kappa shape index (κ1) is 52.6. The summed E-state index contributed by atoms with van der Waals surface area (Å²) in [7, 11) is 0. The highest BCUT2D eigenvalue weighted by Gasteiger charge is 2.19. The second kappa shape index (κ2) is 46.0. The van der Waals surface area contributed by atoms with Gasteiger partial charge in [0.15, 0.2) is 0 Å². The smallest absolute Gasteiger partial charge is 0.220 e. The number of aliphatic hydroxyl groups excluding tert-OH is 2. The lowest BCUT2D eigenvalue weighted by atomic mass is 10.0. The van der Waals surface area contributed by atoms with Crippen LogP contribution in [0.2, 0.25) is 0 Å². The van der Waals surface area contributed by atoms with E-state index in [0.29, 0.717) is 12.8 Å². The van der Waals surface area contributed by atoms with Gasteiger partial charge in [-0.3, -0.25) is 4.79 Å². The fourth-order valence-corrected chi connectivity index (χ4v) is 6.63. The average Bonchev–Trinajstić information content (AvgIpc) is 3.19. The highest BCUT2D eigenvalue weighted by atomic mass is 16.3. The van der Waals surface area contributed by atoms with Gasteiger partial charge in [-0.15, -0.1) is 0 Å². The van der Waals surface area contributed by atoms with Gasteiger partial charge in [-0.25, -0.2) is 0 Å². The molecule has 4 heteroatoms. The Balaban J connectivity index is 3.46. The SMILES string of the molecule is CC/C=C\C/C=C\C/C=C\C/C=C\C/C=C\C/C=C\C/C=C\CCCCCCCCCCCCCCCCCC(=O)NC(CO)C(O)CCCCCCCC. The third-order valence-corrected chi connectivity index (χ3v) is 10.2. The van der Waals surface area contributed by atoms with E-state index < -0.39 is 12.1 Å². The molecule has 316 valence electrons. The van der Waals surface area contributed by atoms with E-state index in [1.165, 1.54) is 116 Å². The van der Waals surface area contributed by atoms with Gasteiger partial charge in [0.1, 0.15) is 0 Å². The van der Waals surface area contributed by atoms with E-state index >= 15 is 0 Å². The summed E-state index contributed by atoms with van der Waals surface area (Å²) in [5.41, 5.74) is 0. The van der Waals surface area contributed by atoms with Crippen LogP contribution in [0.1, 0.15) is 213 Å². The van der Waals surface area contributed by atoms with Gasteiger partial charge in [-0.2, -0.15) is 0 Å². The summed E-state index contributed by atoms with van der Waals surface area (Å²) in [6, 6.07) is -0.535. The summed E-state index contributed by atoms with van der Waals surface area (Å²) < 4.78 is 0. The van der Waals surface area contributed by atoms with Crippen LogP contribution < -0.4 is 5.32 Å². The van der Waals surface area contributed by atoms with Crippen LogP contribution in [-0.4, -0.2) is 34.9 Å². The van der Waals surface area contributed by atoms with Crippen LogP contribution in [0.5, 0.6) is 0 Å². The molecule has 0 radical (unpaired) electrons. The highest BCUT2D eigenvalue weighted by Crippen LogP contribution is 2.15. The number of hydrogen-bond donors (Lipinski definition) is 3. The molecular formula is C51H89NO3. The minimum Gasteiger partial charge on any atom is -0.394 e. The maximum absolute atomic E-state index is 12.3. The van der Waals surface area contributed by atoms with Gasteiger partial charge in [0.25, 0.3) is 0 Å². The molecule has 0 aromatic carbocycles. The van der Waals surface area contributed by atoms with Crippen LogP contribution in [0.15, 0.2) is 85.1 Å². The first-order valence-electron chi connectivity index (χ1n) is 23.3. The van der Waals surface area contributed by atoms with Crippen LogP contribution >= 0.6 is 0 Å². The van der Waals surface area contributed by atoms with Crippen LogP contribution in [0.4, 0.5) is 0 Å². The zero-order valence-electron chi connectivity index (χ0n) is 36.2. The first-order chi connectivity index (χ1) is 27.2. The van der Waals surface area contributed by atoms with E-state index in [4.69, 9.17) is 0 Å². The lowest BCUT2D eigenvalue weighted by molar-refractivity contribution is -0.123. The molecule has 0 aliphatic heterocycles. The molecule has 0 aromatic rings. The predicted octanol–water partition coefficient (Wildman–Crippen LogP) is 14.9. The predicted molar refractivity (Wildman–Crippen MR) is 243 cm³/mol. The Kier molecular flexibility index (Phi) is 43.9. The minimum absolute atomic E-state index is 0.0402. The Morgan fingerprint density at radius 1 is 0.455 bits per heavy atom. The zero-order valence-corrected chi connectivity index (χ0v) is 36.2. The van der Waals surface area contributed by atoms with Crippen molar-refractivity contribution in [1.82, 2.24) is 5.32 Å². The van der Waals surface area contributed by atoms with Crippen molar-refractivity contribution >= 4 is 5.91 Å². The van der Waals surface area contributed by atoms with Crippen molar-refractivity contribution < 1.29 is 15.0 Å². The minimum atomic E-state index is -0.658. The van der Waals surface area contributed by atoms with Crippen molar-refractivity contribution in [3.8, 4) is 0 Å². The summed E-state index contributed by atoms with van der Waals surface area (Å²) in [6.45, 7) is 4.18. The van der Waals surface area contributed by atoms with Crippen molar-refractivity contribution in [1.29, 1.82) is 0 Å². The number of aliphatic hydroxyl groups is 2. The first-order valence-corrected chi connectivity index (χ1v) is 23.3. The number of amides is 1. The number of rotatable bonds is 41. The fourth-order valence-electron chi connectivity index (χ4n) is 6.63. The molecule has 0 saturated carbocycles. The van der Waals surface area contributed by atoms with Gasteiger partial charge in [-0.1, -0.05) is 221 Å². The molecule has 2 atom stereocenters. The topological polar surface area (TPSA) is 69.6 Å². The third kappa shape index (κ3) is 42.6. The molecule has 0 spiro atoms. The largest absolute Gasteiger partial charge is 0.394 e. The second-order valence-corrected chi connectivity index (χ2v) is 15.4. The Labute approximate surface area is 341 Å². The molecule has 55 heavy (non-hydrogen) atoms. The van der Waals surface area contributed by atoms with Crippen molar-refractivity contribution in [3.63, 3.8) is 0 Å². The standard InChI is InChI=1S/C51H89NO3/c1-3-5-7-9-11-12-13-14-15-16-17-18-19-20-21-22-23-24-25-26-27-28-29-30-31-32-33-34-35-36-37-38-39-40-41-43-45-47-51(55)52-49(48-53)50(54)46-44-42-10-8-6-4-2/h5,7,11-12,14-15,17-18,20-21,23-24,26-27,49-50,53-54H,3-4,6,8-10,13,16,19,22,25,28-48H2,1-2H3,(H,52,55)/b7-5-,12-11-,15-14-,18-17-,21-20-,24-23-,27-26-. The second-order valence-electron chi connectivity index (χ2n) is 15.4. The monoisotopic (exact) mass is 764 g/mol. The highest BCUT2D eigenvalue weighted by molar-refractivity contribution is 5.76. The molecule has 0 rings (SSSR count). The third-order valence-electron chi connectivity index (χ3n) is 10.2. The summed E-state index contributed by atoms with van der Waals surface area (Å²) in [5, 5.41) is 22.9. The van der Waals surface area contributed by atoms with Gasteiger partial charge in [0.2, 0.25) is 5.91 Å². The normalized spacial score (nSPS) is 13.7. The van der Waals surface area contributed by atoms with Crippen molar-refractivity contribution in [2.24, 2.45) is 0 Å². The molecular weight excluding hydrogens is 675 g/mol. The average molecular weight is 764 g/mol. The molecule has 0 aliphatic carbocycles. The number of allylic oxidation sites excluding steroid dienone is 14. The van der Waals surface area contributed by atoms with E-state index in [1.807, 2.05) is 0 Å². The molecule has 0 fully saturated rings. The summed E-state index contributed by atoms with van der Waals surface area (Å²) in [5.74, 6) is -0.0402. The van der Waals surface area contributed by atoms with Gasteiger partial charge in [-0.05, 0) is 70.6 Å². The van der Waals surface area contributed by atoms with E-state index in [1.54, 1.807) is 0 Å². The molecule has 0 aromatic heterocycles. The lowest BCUT2D eigenvalue weighted by Crippen LogP contribution is -2.45. The van der Waals surface area contributed by atoms with Gasteiger partial charge < -0.3 is 15.5 Å². The number of unbranched alkanes of at least 4 members (excludes halogenated alkanes) is 20. The molecule has 2 unspecified atom stereocenters. The van der Waals surface area contributed by atoms with Crippen molar-refractivity contribution in [2.75, 3.05) is 6.61 Å². The van der Waals surface area contributed by atoms with Gasteiger partial charge in [0, 0.05) is 6.42 Å². The summed E-state index contributed by atoms with van der Waals surface area (Å²) in [4.78, 5) is 12.3. The molecule has 0 saturated heterocycles. The van der Waals surface area contributed by atoms with E-state index in [-0.39, 0.29) is 12.5 Å². The van der Waals surface area contributed by atoms with Crippen molar-refractivity contribution in [3.05, 3.63) is 85.1 Å². The Hall–Kier alpha value is -2.43. The fraction of sp³-hybridized carbons (Fsp3) is 0.706. The molecule has 4 nitrogen and oxygen atoms in total. The molecule has 3 N–H and O–H groups in total. The van der Waals surface area contributed by atoms with Crippen LogP contribution in [0, 0.1) is 0 Å². The van der Waals surface area contributed by atoms with Gasteiger partial charge in [0.05, 0.1) is 18.8 Å². The van der Waals surface area contributed by atoms with E-state index in [9.17, 15) is 15.0 Å². The number of carbonyl (C=O) groups excluding carboxylic acids is 1. The number of hydrogen-bond acceptors (Lipinski definition) is 3. The number of nitrogens with one attached hydrogen (secondary N) is 1. The van der Waals surface area contributed by atoms with E-state index in [2.05, 4.69) is 104 Å². The quantitative estimate of drug-likeness (QED) is 0.0429. The Morgan fingerprint density at radius 2 is 0.800 bits per heavy atom. The zero-order chi connectivity index (χ0) is 40.0. The van der Waals surface area contributed by atoms with Crippen LogP contribution in [-0.2, 0) is 4.79 Å². The summed E-state index contributed by atoms with van der Waals surface area (Å²) in [6.07, 6.45) is 67.0. The van der Waals surface area contributed by atoms with Gasteiger partial charge >= 0.3 is 0 Å².